The molecule has 4 nitrogen and oxygen atoms in total. The molecule has 0 spiro atoms. The second kappa shape index (κ2) is 4.26. The van der Waals surface area contributed by atoms with Crippen LogP contribution in [-0.2, 0) is 11.2 Å². The lowest BCUT2D eigenvalue weighted by atomic mass is 10.2. The summed E-state index contributed by atoms with van der Waals surface area (Å²) in [6, 6.07) is 1.84. The third kappa shape index (κ3) is 2.17. The Morgan fingerprint density at radius 2 is 2.53 bits per heavy atom. The molecule has 1 atom stereocenters. The molecule has 1 amide bonds. The Kier molecular flexibility index (Phi) is 3.00. The quantitative estimate of drug-likeness (QED) is 0.797. The summed E-state index contributed by atoms with van der Waals surface area (Å²) in [4.78, 5) is 13.2. The minimum Gasteiger partial charge on any atom is -0.338 e. The van der Waals surface area contributed by atoms with Gasteiger partial charge in [0.05, 0.1) is 5.69 Å². The number of hydrogen-bond acceptors (Lipinski definition) is 4. The summed E-state index contributed by atoms with van der Waals surface area (Å²) in [5.74, 6) is 0.620. The normalized spacial score (nSPS) is 21.3. The molecule has 1 aromatic heterocycles. The van der Waals surface area contributed by atoms with Crippen molar-refractivity contribution in [2.24, 2.45) is 0 Å². The van der Waals surface area contributed by atoms with Crippen molar-refractivity contribution >= 4 is 24.4 Å². The second-order valence-electron chi connectivity index (χ2n) is 3.77. The summed E-state index contributed by atoms with van der Waals surface area (Å²) in [5, 5.41) is 4.02. The highest BCUT2D eigenvalue weighted by atomic mass is 32.1. The minimum absolute atomic E-state index is 0.0641. The van der Waals surface area contributed by atoms with Crippen molar-refractivity contribution in [2.75, 3.05) is 11.4 Å². The van der Waals surface area contributed by atoms with Crippen LogP contribution in [0.5, 0.6) is 0 Å². The molecule has 1 fully saturated rings. The van der Waals surface area contributed by atoms with Gasteiger partial charge in [-0.15, -0.1) is 0 Å². The van der Waals surface area contributed by atoms with Crippen LogP contribution in [0.15, 0.2) is 10.6 Å². The summed E-state index contributed by atoms with van der Waals surface area (Å²) < 4.78 is 5.14. The number of nitrogens with zero attached hydrogens (tertiary/aromatic N) is 2. The number of aryl methyl sites for hydroxylation is 1. The van der Waals surface area contributed by atoms with E-state index < -0.39 is 0 Å². The largest absolute Gasteiger partial charge is 0.338 e. The fourth-order valence-electron chi connectivity index (χ4n) is 1.70. The number of carbonyl (C=O) groups is 1. The van der Waals surface area contributed by atoms with Gasteiger partial charge in [0.2, 0.25) is 11.8 Å². The van der Waals surface area contributed by atoms with Gasteiger partial charge in [-0.05, 0) is 6.42 Å². The van der Waals surface area contributed by atoms with Crippen LogP contribution in [0.25, 0.3) is 0 Å². The van der Waals surface area contributed by atoms with Gasteiger partial charge in [-0.25, -0.2) is 0 Å². The maximum Gasteiger partial charge on any atom is 0.234 e. The van der Waals surface area contributed by atoms with E-state index in [0.717, 1.165) is 18.5 Å². The molecule has 15 heavy (non-hydrogen) atoms. The topological polar surface area (TPSA) is 46.3 Å². The highest BCUT2D eigenvalue weighted by Crippen LogP contribution is 2.24. The van der Waals surface area contributed by atoms with Gasteiger partial charge < -0.3 is 4.52 Å². The maximum absolute atomic E-state index is 11.5. The van der Waals surface area contributed by atoms with E-state index in [1.807, 2.05) is 6.07 Å². The lowest BCUT2D eigenvalue weighted by Gasteiger charge is -2.09. The SMILES string of the molecule is CCCc1cc(N2CC(S)CC2=O)on1. The van der Waals surface area contributed by atoms with Gasteiger partial charge in [0.15, 0.2) is 0 Å². The molecule has 0 aromatic carbocycles. The molecule has 1 unspecified atom stereocenters. The molecule has 82 valence electrons. The van der Waals surface area contributed by atoms with Crippen LogP contribution in [0.3, 0.4) is 0 Å². The first kappa shape index (κ1) is 10.5. The lowest BCUT2D eigenvalue weighted by Crippen LogP contribution is -2.23. The Morgan fingerprint density at radius 3 is 3.13 bits per heavy atom. The first-order chi connectivity index (χ1) is 7.20. The number of carbonyl (C=O) groups excluding carboxylic acids is 1. The van der Waals surface area contributed by atoms with Gasteiger partial charge in [-0.2, -0.15) is 12.6 Å². The van der Waals surface area contributed by atoms with Crippen molar-refractivity contribution in [3.63, 3.8) is 0 Å². The van der Waals surface area contributed by atoms with Crippen LogP contribution in [0.4, 0.5) is 5.88 Å². The minimum atomic E-state index is 0.0641. The Balaban J connectivity index is 2.12. The highest BCUT2D eigenvalue weighted by molar-refractivity contribution is 7.81. The van der Waals surface area contributed by atoms with Crippen LogP contribution in [-0.4, -0.2) is 22.9 Å². The molecule has 1 aliphatic heterocycles. The standard InChI is InChI=1S/C10H14N2O2S/c1-2-3-7-4-10(14-11-7)12-6-8(15)5-9(12)13/h4,8,15H,2-3,5-6H2,1H3. The Hall–Kier alpha value is -0.970. The summed E-state index contributed by atoms with van der Waals surface area (Å²) >= 11 is 4.28. The molecule has 0 saturated carbocycles. The van der Waals surface area contributed by atoms with Crippen molar-refractivity contribution in [1.82, 2.24) is 5.16 Å². The zero-order valence-electron chi connectivity index (χ0n) is 8.64. The number of rotatable bonds is 3. The van der Waals surface area contributed by atoms with Gasteiger partial charge in [-0.3, -0.25) is 9.69 Å². The zero-order chi connectivity index (χ0) is 10.8. The molecule has 2 rings (SSSR count). The van der Waals surface area contributed by atoms with Crippen molar-refractivity contribution < 1.29 is 9.32 Å². The number of amides is 1. The summed E-state index contributed by atoms with van der Waals surface area (Å²) in [7, 11) is 0. The molecule has 1 aromatic rings. The number of aromatic nitrogens is 1. The Labute approximate surface area is 94.0 Å². The highest BCUT2D eigenvalue weighted by Gasteiger charge is 2.30. The Bertz CT molecular complexity index is 364. The number of hydrogen-bond donors (Lipinski definition) is 1. The molecule has 0 aliphatic carbocycles. The van der Waals surface area contributed by atoms with E-state index in [1.54, 1.807) is 4.90 Å². The van der Waals surface area contributed by atoms with E-state index in [1.165, 1.54) is 0 Å². The van der Waals surface area contributed by atoms with Crippen molar-refractivity contribution in [3.05, 3.63) is 11.8 Å². The third-order valence-corrected chi connectivity index (χ3v) is 2.77. The second-order valence-corrected chi connectivity index (χ2v) is 4.50. The van der Waals surface area contributed by atoms with E-state index in [-0.39, 0.29) is 11.2 Å². The molecule has 0 N–H and O–H groups in total. The maximum atomic E-state index is 11.5. The molecule has 1 aliphatic rings. The van der Waals surface area contributed by atoms with Gasteiger partial charge in [0, 0.05) is 24.3 Å². The third-order valence-electron chi connectivity index (χ3n) is 2.42. The van der Waals surface area contributed by atoms with Crippen LogP contribution in [0.1, 0.15) is 25.5 Å². The molecular formula is C10H14N2O2S. The predicted octanol–water partition coefficient (Wildman–Crippen LogP) is 1.66. The van der Waals surface area contributed by atoms with Crippen molar-refractivity contribution in [3.8, 4) is 0 Å². The molecular weight excluding hydrogens is 212 g/mol. The molecule has 0 bridgehead atoms. The lowest BCUT2D eigenvalue weighted by molar-refractivity contribution is -0.117. The number of anilines is 1. The first-order valence-electron chi connectivity index (χ1n) is 5.14. The molecule has 5 heteroatoms. The van der Waals surface area contributed by atoms with Crippen LogP contribution in [0, 0.1) is 0 Å². The summed E-state index contributed by atoms with van der Waals surface area (Å²) in [5.41, 5.74) is 0.905. The van der Waals surface area contributed by atoms with Gasteiger partial charge in [-0.1, -0.05) is 18.5 Å². The fraction of sp³-hybridized carbons (Fsp3) is 0.600. The fourth-order valence-corrected chi connectivity index (χ4v) is 2.02. The van der Waals surface area contributed by atoms with Gasteiger partial charge >= 0.3 is 0 Å². The number of thiol groups is 1. The van der Waals surface area contributed by atoms with Crippen molar-refractivity contribution in [1.29, 1.82) is 0 Å². The molecule has 0 radical (unpaired) electrons. The monoisotopic (exact) mass is 226 g/mol. The zero-order valence-corrected chi connectivity index (χ0v) is 9.54. The smallest absolute Gasteiger partial charge is 0.234 e. The van der Waals surface area contributed by atoms with Crippen LogP contribution in [0.2, 0.25) is 0 Å². The van der Waals surface area contributed by atoms with Crippen LogP contribution >= 0.6 is 12.6 Å². The Morgan fingerprint density at radius 1 is 1.73 bits per heavy atom. The van der Waals surface area contributed by atoms with Gasteiger partial charge in [0.1, 0.15) is 0 Å². The average Bonchev–Trinajstić information content (AvgIpc) is 2.73. The average molecular weight is 226 g/mol. The molecule has 2 heterocycles. The van der Waals surface area contributed by atoms with E-state index in [0.29, 0.717) is 18.8 Å². The van der Waals surface area contributed by atoms with Crippen molar-refractivity contribution in [2.45, 2.75) is 31.4 Å². The first-order valence-corrected chi connectivity index (χ1v) is 5.66. The molecule has 1 saturated heterocycles. The summed E-state index contributed by atoms with van der Waals surface area (Å²) in [6.45, 7) is 2.70. The van der Waals surface area contributed by atoms with E-state index in [9.17, 15) is 4.79 Å². The predicted molar refractivity (Wildman–Crippen MR) is 60.2 cm³/mol. The van der Waals surface area contributed by atoms with E-state index in [4.69, 9.17) is 4.52 Å². The van der Waals surface area contributed by atoms with E-state index in [2.05, 4.69) is 24.7 Å². The van der Waals surface area contributed by atoms with Gasteiger partial charge in [0.25, 0.3) is 0 Å². The van der Waals surface area contributed by atoms with E-state index >= 15 is 0 Å². The van der Waals surface area contributed by atoms with Crippen LogP contribution < -0.4 is 4.90 Å². The summed E-state index contributed by atoms with van der Waals surface area (Å²) in [6.07, 6.45) is 2.39.